The van der Waals surface area contributed by atoms with E-state index in [1.807, 2.05) is 0 Å². The van der Waals surface area contributed by atoms with Crippen LogP contribution in [0, 0.1) is 0 Å². The minimum absolute atomic E-state index is 0.0168. The number of anilines is 1. The Labute approximate surface area is 155 Å². The summed E-state index contributed by atoms with van der Waals surface area (Å²) in [5.74, 6) is 1.04. The molecule has 0 saturated heterocycles. The molecule has 0 aliphatic heterocycles. The quantitative estimate of drug-likeness (QED) is 0.622. The van der Waals surface area contributed by atoms with Gasteiger partial charge in [0.25, 0.3) is 5.91 Å². The summed E-state index contributed by atoms with van der Waals surface area (Å²) in [6, 6.07) is 13.3. The van der Waals surface area contributed by atoms with Gasteiger partial charge in [0.1, 0.15) is 5.75 Å². The fourth-order valence-electron chi connectivity index (χ4n) is 2.41. The Morgan fingerprint density at radius 2 is 1.78 bits per heavy atom. The lowest BCUT2D eigenvalue weighted by Gasteiger charge is -2.13. The number of rotatable bonds is 7. The van der Waals surface area contributed by atoms with Crippen molar-refractivity contribution < 1.29 is 24.1 Å². The van der Waals surface area contributed by atoms with E-state index < -0.39 is 5.91 Å². The maximum Gasteiger partial charge on any atom is 0.276 e. The van der Waals surface area contributed by atoms with Crippen LogP contribution in [0.5, 0.6) is 23.0 Å². The van der Waals surface area contributed by atoms with E-state index in [1.54, 1.807) is 48.7 Å². The van der Waals surface area contributed by atoms with Gasteiger partial charge in [0.2, 0.25) is 5.75 Å². The Morgan fingerprint density at radius 3 is 2.44 bits per heavy atom. The number of ether oxygens (including phenoxy) is 3. The smallest absolute Gasteiger partial charge is 0.276 e. The number of methoxy groups -OCH3 is 2. The number of hydrogen-bond donors (Lipinski definition) is 2. The highest BCUT2D eigenvalue weighted by atomic mass is 16.5. The first-order valence-electron chi connectivity index (χ1n) is 8.09. The average Bonchev–Trinajstić information content (AvgIpc) is 3.17. The molecule has 0 radical (unpaired) electrons. The van der Waals surface area contributed by atoms with Crippen molar-refractivity contribution in [1.82, 2.24) is 9.78 Å². The van der Waals surface area contributed by atoms with Crippen LogP contribution in [0.2, 0.25) is 0 Å². The number of aromatic nitrogens is 2. The maximum absolute atomic E-state index is 12.3. The molecule has 0 saturated carbocycles. The second-order valence-corrected chi connectivity index (χ2v) is 5.48. The largest absolute Gasteiger partial charge is 0.506 e. The van der Waals surface area contributed by atoms with E-state index in [0.717, 1.165) is 0 Å². The lowest BCUT2D eigenvalue weighted by atomic mass is 10.3. The molecule has 0 unspecified atom stereocenters. The van der Waals surface area contributed by atoms with Gasteiger partial charge in [-0.2, -0.15) is 5.10 Å². The first-order chi connectivity index (χ1) is 13.1. The van der Waals surface area contributed by atoms with Crippen LogP contribution >= 0.6 is 0 Å². The molecular weight excluding hydrogens is 350 g/mol. The number of carbonyl (C=O) groups excluding carboxylic acids is 1. The van der Waals surface area contributed by atoms with Crippen molar-refractivity contribution in [3.8, 4) is 23.0 Å². The number of para-hydroxylation sites is 3. The van der Waals surface area contributed by atoms with Crippen LogP contribution in [-0.2, 0) is 6.73 Å². The molecule has 8 heteroatoms. The number of aromatic hydroxyl groups is 1. The zero-order valence-corrected chi connectivity index (χ0v) is 14.9. The minimum Gasteiger partial charge on any atom is -0.506 e. The standard InChI is InChI=1S/C19H19N3O5/c1-25-16-8-5-9-17(26-2)18(16)27-12-22-11-10-14(21-22)19(24)20-13-6-3-4-7-15(13)23/h3-11,23H,12H2,1-2H3,(H,20,24). The summed E-state index contributed by atoms with van der Waals surface area (Å²) in [7, 11) is 3.08. The monoisotopic (exact) mass is 369 g/mol. The van der Waals surface area contributed by atoms with E-state index in [2.05, 4.69) is 10.4 Å². The molecule has 27 heavy (non-hydrogen) atoms. The van der Waals surface area contributed by atoms with Crippen molar-refractivity contribution >= 4 is 11.6 Å². The number of phenols is 1. The summed E-state index contributed by atoms with van der Waals surface area (Å²) < 4.78 is 17.8. The third-order valence-corrected chi connectivity index (χ3v) is 3.75. The molecule has 140 valence electrons. The normalized spacial score (nSPS) is 10.3. The van der Waals surface area contributed by atoms with Crippen molar-refractivity contribution in [2.45, 2.75) is 6.73 Å². The van der Waals surface area contributed by atoms with E-state index in [9.17, 15) is 9.90 Å². The lowest BCUT2D eigenvalue weighted by Crippen LogP contribution is -2.14. The lowest BCUT2D eigenvalue weighted by molar-refractivity contribution is 0.101. The summed E-state index contributed by atoms with van der Waals surface area (Å²) >= 11 is 0. The minimum atomic E-state index is -0.440. The van der Waals surface area contributed by atoms with Gasteiger partial charge in [0.05, 0.1) is 19.9 Å². The number of phenolic OH excluding ortho intramolecular Hbond substituents is 1. The van der Waals surface area contributed by atoms with E-state index in [-0.39, 0.29) is 18.2 Å². The number of carbonyl (C=O) groups is 1. The predicted octanol–water partition coefficient (Wildman–Crippen LogP) is 2.89. The number of hydrogen-bond acceptors (Lipinski definition) is 6. The van der Waals surface area contributed by atoms with Gasteiger partial charge in [-0.05, 0) is 30.3 Å². The number of amides is 1. The van der Waals surface area contributed by atoms with E-state index in [4.69, 9.17) is 14.2 Å². The second kappa shape index (κ2) is 8.13. The molecule has 0 aliphatic rings. The number of nitrogens with zero attached hydrogens (tertiary/aromatic N) is 2. The average molecular weight is 369 g/mol. The molecule has 2 N–H and O–H groups in total. The van der Waals surface area contributed by atoms with Crippen molar-refractivity contribution in [3.63, 3.8) is 0 Å². The van der Waals surface area contributed by atoms with Crippen molar-refractivity contribution in [2.75, 3.05) is 19.5 Å². The van der Waals surface area contributed by atoms with Crippen LogP contribution in [0.25, 0.3) is 0 Å². The zero-order valence-electron chi connectivity index (χ0n) is 14.9. The van der Waals surface area contributed by atoms with Gasteiger partial charge < -0.3 is 24.6 Å². The van der Waals surface area contributed by atoms with Crippen LogP contribution < -0.4 is 19.5 Å². The third kappa shape index (κ3) is 4.12. The van der Waals surface area contributed by atoms with Gasteiger partial charge in [-0.3, -0.25) is 4.79 Å². The van der Waals surface area contributed by atoms with Gasteiger partial charge in [-0.1, -0.05) is 18.2 Å². The van der Waals surface area contributed by atoms with Gasteiger partial charge in [0.15, 0.2) is 23.9 Å². The van der Waals surface area contributed by atoms with Crippen molar-refractivity contribution in [3.05, 3.63) is 60.4 Å². The molecule has 1 aromatic heterocycles. The highest BCUT2D eigenvalue weighted by molar-refractivity contribution is 6.03. The summed E-state index contributed by atoms with van der Waals surface area (Å²) in [5.41, 5.74) is 0.501. The molecular formula is C19H19N3O5. The van der Waals surface area contributed by atoms with Crippen LogP contribution in [0.4, 0.5) is 5.69 Å². The highest BCUT2D eigenvalue weighted by Crippen LogP contribution is 2.36. The fraction of sp³-hybridized carbons (Fsp3) is 0.158. The Hall–Kier alpha value is -3.68. The Bertz CT molecular complexity index is 916. The summed E-state index contributed by atoms with van der Waals surface area (Å²) in [6.45, 7) is 0.0562. The van der Waals surface area contributed by atoms with Crippen LogP contribution in [0.1, 0.15) is 10.5 Å². The second-order valence-electron chi connectivity index (χ2n) is 5.48. The first kappa shape index (κ1) is 18.1. The van der Waals surface area contributed by atoms with Crippen LogP contribution in [-0.4, -0.2) is 35.0 Å². The summed E-state index contributed by atoms with van der Waals surface area (Å²) in [4.78, 5) is 12.3. The molecule has 3 aromatic rings. The van der Waals surface area contributed by atoms with E-state index >= 15 is 0 Å². The fourth-order valence-corrected chi connectivity index (χ4v) is 2.41. The van der Waals surface area contributed by atoms with E-state index in [0.29, 0.717) is 22.9 Å². The van der Waals surface area contributed by atoms with Gasteiger partial charge in [0, 0.05) is 6.20 Å². The number of nitrogens with one attached hydrogen (secondary N) is 1. The van der Waals surface area contributed by atoms with Crippen LogP contribution in [0.3, 0.4) is 0 Å². The molecule has 0 spiro atoms. The van der Waals surface area contributed by atoms with Gasteiger partial charge >= 0.3 is 0 Å². The summed E-state index contributed by atoms with van der Waals surface area (Å²) in [5, 5.41) is 16.5. The SMILES string of the molecule is COc1cccc(OC)c1OCn1ccc(C(=O)Nc2ccccc2O)n1. The topological polar surface area (TPSA) is 94.8 Å². The number of benzene rings is 2. The molecule has 8 nitrogen and oxygen atoms in total. The Morgan fingerprint density at radius 1 is 1.07 bits per heavy atom. The maximum atomic E-state index is 12.3. The molecule has 0 fully saturated rings. The van der Waals surface area contributed by atoms with Gasteiger partial charge in [-0.25, -0.2) is 4.68 Å². The molecule has 0 bridgehead atoms. The molecule has 0 atom stereocenters. The Balaban J connectivity index is 1.68. The molecule has 3 rings (SSSR count). The molecule has 0 aliphatic carbocycles. The van der Waals surface area contributed by atoms with Gasteiger partial charge in [-0.15, -0.1) is 0 Å². The van der Waals surface area contributed by atoms with E-state index in [1.165, 1.54) is 25.0 Å². The molecule has 1 amide bonds. The highest BCUT2D eigenvalue weighted by Gasteiger charge is 2.14. The van der Waals surface area contributed by atoms with Crippen LogP contribution in [0.15, 0.2) is 54.7 Å². The summed E-state index contributed by atoms with van der Waals surface area (Å²) in [6.07, 6.45) is 1.61. The van der Waals surface area contributed by atoms with Crippen molar-refractivity contribution in [2.24, 2.45) is 0 Å². The molecule has 1 heterocycles. The Kier molecular flexibility index (Phi) is 5.46. The third-order valence-electron chi connectivity index (χ3n) is 3.75. The molecule has 2 aromatic carbocycles. The van der Waals surface area contributed by atoms with Crippen molar-refractivity contribution in [1.29, 1.82) is 0 Å². The zero-order chi connectivity index (χ0) is 19.2. The predicted molar refractivity (Wildman–Crippen MR) is 98.5 cm³/mol. The first-order valence-corrected chi connectivity index (χ1v) is 8.09.